The molecule has 0 spiro atoms. The van der Waals surface area contributed by atoms with Gasteiger partial charge in [-0.05, 0) is 69.5 Å². The van der Waals surface area contributed by atoms with Crippen LogP contribution in [0.15, 0.2) is 42.5 Å². The molecule has 0 saturated carbocycles. The average Bonchev–Trinajstić information content (AvgIpc) is 3.12. The van der Waals surface area contributed by atoms with Crippen molar-refractivity contribution in [3.05, 3.63) is 53.8 Å². The second-order valence-corrected chi connectivity index (χ2v) is 8.18. The summed E-state index contributed by atoms with van der Waals surface area (Å²) in [5, 5.41) is 12.1. The quantitative estimate of drug-likeness (QED) is 0.831. The fourth-order valence-electron chi connectivity index (χ4n) is 3.22. The highest BCUT2D eigenvalue weighted by molar-refractivity contribution is 5.93. The molecule has 2 heterocycles. The summed E-state index contributed by atoms with van der Waals surface area (Å²) < 4.78 is 37.6. The van der Waals surface area contributed by atoms with Crippen molar-refractivity contribution in [2.75, 3.05) is 6.54 Å². The van der Waals surface area contributed by atoms with E-state index in [4.69, 9.17) is 10.2 Å². The zero-order valence-corrected chi connectivity index (χ0v) is 17.4. The second-order valence-electron chi connectivity index (χ2n) is 8.18. The highest BCUT2D eigenvalue weighted by atomic mass is 16.6. The number of nitriles is 1. The summed E-state index contributed by atoms with van der Waals surface area (Å²) in [5.74, 6) is -0.494. The van der Waals surface area contributed by atoms with Crippen molar-refractivity contribution >= 4 is 12.0 Å². The topological polar surface area (TPSA) is 95.3 Å². The number of hydrogen-bond acceptors (Lipinski definition) is 5. The molecule has 0 radical (unpaired) electrons. The van der Waals surface area contributed by atoms with Crippen molar-refractivity contribution in [2.45, 2.75) is 51.8 Å². The molecule has 0 bridgehead atoms. The Labute approximate surface area is 182 Å². The van der Waals surface area contributed by atoms with Crippen LogP contribution in [-0.2, 0) is 4.74 Å². The zero-order chi connectivity index (χ0) is 25.4. The lowest BCUT2D eigenvalue weighted by Crippen LogP contribution is -2.41. The summed E-state index contributed by atoms with van der Waals surface area (Å²) in [5.41, 5.74) is -0.645. The van der Waals surface area contributed by atoms with Crippen LogP contribution in [0.2, 0.25) is 0 Å². The Bertz CT molecular complexity index is 1190. The normalized spacial score (nSPS) is 20.4. The SMILES string of the molecule is [2H]c1c([2H])c(C#N)c([2H])c(-c2ccnc(C(=O)N[C@@H]3C[C@@H](C)N(C(=O)OC(C)(C)C)C3)c2)c1[2H]. The lowest BCUT2D eigenvalue weighted by molar-refractivity contribution is 0.0235. The Balaban J connectivity index is 1.82. The first-order valence-electron chi connectivity index (χ1n) is 11.6. The average molecular weight is 411 g/mol. The van der Waals surface area contributed by atoms with Gasteiger partial charge in [0.2, 0.25) is 0 Å². The lowest BCUT2D eigenvalue weighted by atomic mass is 10.0. The van der Waals surface area contributed by atoms with Crippen molar-refractivity contribution in [2.24, 2.45) is 0 Å². The summed E-state index contributed by atoms with van der Waals surface area (Å²) in [6.45, 7) is 7.52. The van der Waals surface area contributed by atoms with Crippen molar-refractivity contribution < 1.29 is 19.8 Å². The fraction of sp³-hybridized carbons (Fsp3) is 0.391. The van der Waals surface area contributed by atoms with Crippen molar-refractivity contribution in [1.29, 1.82) is 5.26 Å². The number of hydrogen-bond donors (Lipinski definition) is 1. The monoisotopic (exact) mass is 410 g/mol. The Hall–Kier alpha value is -3.40. The number of likely N-dealkylation sites (tertiary alicyclic amines) is 1. The van der Waals surface area contributed by atoms with Gasteiger partial charge in [-0.3, -0.25) is 9.78 Å². The summed E-state index contributed by atoms with van der Waals surface area (Å²) in [7, 11) is 0. The number of pyridine rings is 1. The third-order valence-corrected chi connectivity index (χ3v) is 4.56. The van der Waals surface area contributed by atoms with Gasteiger partial charge in [-0.15, -0.1) is 0 Å². The smallest absolute Gasteiger partial charge is 0.410 e. The van der Waals surface area contributed by atoms with Crippen LogP contribution in [0.3, 0.4) is 0 Å². The summed E-state index contributed by atoms with van der Waals surface area (Å²) in [6.07, 6.45) is 1.44. The zero-order valence-electron chi connectivity index (χ0n) is 21.4. The molecule has 1 aliphatic rings. The number of rotatable bonds is 3. The van der Waals surface area contributed by atoms with Gasteiger partial charge in [-0.25, -0.2) is 4.79 Å². The van der Waals surface area contributed by atoms with Crippen LogP contribution in [0, 0.1) is 11.3 Å². The second kappa shape index (κ2) is 8.54. The van der Waals surface area contributed by atoms with E-state index in [0.29, 0.717) is 6.42 Å². The Morgan fingerprint density at radius 2 is 2.13 bits per heavy atom. The molecule has 0 aliphatic carbocycles. The third kappa shape index (κ3) is 5.15. The van der Waals surface area contributed by atoms with Crippen molar-refractivity contribution in [1.82, 2.24) is 15.2 Å². The molecule has 1 aromatic heterocycles. The molecule has 1 saturated heterocycles. The van der Waals surface area contributed by atoms with E-state index in [1.54, 1.807) is 31.7 Å². The van der Waals surface area contributed by atoms with Gasteiger partial charge < -0.3 is 15.0 Å². The van der Waals surface area contributed by atoms with E-state index < -0.39 is 29.7 Å². The lowest BCUT2D eigenvalue weighted by Gasteiger charge is -2.26. The van der Waals surface area contributed by atoms with Gasteiger partial charge >= 0.3 is 6.09 Å². The van der Waals surface area contributed by atoms with Crippen LogP contribution >= 0.6 is 0 Å². The third-order valence-electron chi connectivity index (χ3n) is 4.56. The number of carbonyl (C=O) groups excluding carboxylic acids is 2. The molecule has 156 valence electrons. The molecule has 1 aromatic carbocycles. The molecule has 2 aromatic rings. The molecular weight excluding hydrogens is 380 g/mol. The van der Waals surface area contributed by atoms with Crippen LogP contribution in [0.1, 0.15) is 55.7 Å². The maximum Gasteiger partial charge on any atom is 0.410 e. The number of aromatic nitrogens is 1. The van der Waals surface area contributed by atoms with E-state index in [9.17, 15) is 14.9 Å². The van der Waals surface area contributed by atoms with Crippen molar-refractivity contribution in [3.8, 4) is 17.2 Å². The minimum absolute atomic E-state index is 0.0143. The molecule has 7 heteroatoms. The van der Waals surface area contributed by atoms with Crippen LogP contribution < -0.4 is 5.32 Å². The molecule has 3 rings (SSSR count). The molecule has 2 atom stereocenters. The van der Waals surface area contributed by atoms with Gasteiger partial charge in [0.25, 0.3) is 5.91 Å². The fourth-order valence-corrected chi connectivity index (χ4v) is 3.22. The minimum atomic E-state index is -0.627. The number of benzene rings is 1. The van der Waals surface area contributed by atoms with Gasteiger partial charge in [0.15, 0.2) is 0 Å². The maximum atomic E-state index is 12.9. The molecule has 0 unspecified atom stereocenters. The largest absolute Gasteiger partial charge is 0.444 e. The van der Waals surface area contributed by atoms with Crippen LogP contribution in [-0.4, -0.2) is 46.1 Å². The maximum absolute atomic E-state index is 12.9. The highest BCUT2D eigenvalue weighted by Gasteiger charge is 2.35. The molecule has 7 nitrogen and oxygen atoms in total. The number of amides is 2. The van der Waals surface area contributed by atoms with Gasteiger partial charge in [0, 0.05) is 24.8 Å². The minimum Gasteiger partial charge on any atom is -0.444 e. The van der Waals surface area contributed by atoms with E-state index in [1.165, 1.54) is 18.3 Å². The van der Waals surface area contributed by atoms with Gasteiger partial charge in [-0.1, -0.05) is 12.1 Å². The predicted octanol–water partition coefficient (Wildman–Crippen LogP) is 3.75. The summed E-state index contributed by atoms with van der Waals surface area (Å²) in [4.78, 5) is 31.0. The molecule has 1 N–H and O–H groups in total. The number of carbonyl (C=O) groups is 2. The van der Waals surface area contributed by atoms with Gasteiger partial charge in [0.05, 0.1) is 17.1 Å². The van der Waals surface area contributed by atoms with E-state index in [-0.39, 0.29) is 53.1 Å². The van der Waals surface area contributed by atoms with Crippen LogP contribution in [0.4, 0.5) is 4.79 Å². The Kier molecular flexibility index (Phi) is 4.67. The number of ether oxygens (including phenoxy) is 1. The Morgan fingerprint density at radius 3 is 2.83 bits per heavy atom. The molecule has 2 amide bonds. The molecule has 1 fully saturated rings. The van der Waals surface area contributed by atoms with Gasteiger partial charge in [0.1, 0.15) is 11.3 Å². The first-order chi connectivity index (χ1) is 15.8. The van der Waals surface area contributed by atoms with E-state index in [2.05, 4.69) is 10.3 Å². The molecular formula is C23H26N4O3. The Morgan fingerprint density at radius 1 is 1.37 bits per heavy atom. The first-order valence-corrected chi connectivity index (χ1v) is 9.61. The number of nitrogens with zero attached hydrogens (tertiary/aromatic N) is 3. The summed E-state index contributed by atoms with van der Waals surface area (Å²) in [6, 6.07) is 2.51. The summed E-state index contributed by atoms with van der Waals surface area (Å²) >= 11 is 0. The number of nitrogens with one attached hydrogen (secondary N) is 1. The van der Waals surface area contributed by atoms with E-state index in [0.717, 1.165) is 0 Å². The van der Waals surface area contributed by atoms with Crippen LogP contribution in [0.25, 0.3) is 11.1 Å². The molecule has 30 heavy (non-hydrogen) atoms. The first kappa shape index (κ1) is 16.4. The van der Waals surface area contributed by atoms with Crippen molar-refractivity contribution in [3.63, 3.8) is 0 Å². The van der Waals surface area contributed by atoms with Gasteiger partial charge in [-0.2, -0.15) is 5.26 Å². The predicted molar refractivity (Wildman–Crippen MR) is 113 cm³/mol. The standard InChI is InChI=1S/C23H26N4O3/c1-15-10-19(14-27(15)22(29)30-23(2,3)4)26-21(28)20-12-18(8-9-25-20)17-7-5-6-16(11-17)13-24/h5-9,11-12,15,19H,10,14H2,1-4H3,(H,26,28)/t15-,19-/m1/s1/i5D,6D,7D,11D. The van der Waals surface area contributed by atoms with E-state index in [1.807, 2.05) is 6.92 Å². The highest BCUT2D eigenvalue weighted by Crippen LogP contribution is 2.23. The van der Waals surface area contributed by atoms with E-state index >= 15 is 0 Å². The molecule has 1 aliphatic heterocycles. The van der Waals surface area contributed by atoms with Crippen LogP contribution in [0.5, 0.6) is 0 Å².